The molecule has 1 saturated heterocycles. The number of nitrogens with zero attached hydrogens (tertiary/aromatic N) is 4. The van der Waals surface area contributed by atoms with Gasteiger partial charge in [0.05, 0.1) is 0 Å². The first-order valence-electron chi connectivity index (χ1n) is 8.23. The molecule has 4 nitrogen and oxygen atoms in total. The summed E-state index contributed by atoms with van der Waals surface area (Å²) < 4.78 is 2.28. The van der Waals surface area contributed by atoms with Gasteiger partial charge in [-0.2, -0.15) is 0 Å². The third kappa shape index (κ3) is 2.95. The topological polar surface area (TPSA) is 34.0 Å². The van der Waals surface area contributed by atoms with Crippen LogP contribution in [0.2, 0.25) is 0 Å². The van der Waals surface area contributed by atoms with Crippen molar-refractivity contribution in [2.45, 2.75) is 52.6 Å². The van der Waals surface area contributed by atoms with Crippen LogP contribution in [0.25, 0.3) is 11.2 Å². The molecule has 0 radical (unpaired) electrons. The summed E-state index contributed by atoms with van der Waals surface area (Å²) in [6.45, 7) is 10.2. The van der Waals surface area contributed by atoms with Crippen LogP contribution >= 0.6 is 0 Å². The predicted molar refractivity (Wildman–Crippen MR) is 86.3 cm³/mol. The Hall–Kier alpha value is -1.42. The Kier molecular flexibility index (Phi) is 4.24. The first-order valence-corrected chi connectivity index (χ1v) is 8.23. The molecular weight excluding hydrogens is 260 g/mol. The molecule has 4 heteroatoms. The Morgan fingerprint density at radius 3 is 2.71 bits per heavy atom. The van der Waals surface area contributed by atoms with Gasteiger partial charge >= 0.3 is 0 Å². The molecule has 0 saturated carbocycles. The van der Waals surface area contributed by atoms with Gasteiger partial charge < -0.3 is 9.47 Å². The third-order valence-corrected chi connectivity index (χ3v) is 4.75. The zero-order valence-electron chi connectivity index (χ0n) is 13.4. The molecule has 2 aromatic heterocycles. The number of imidazole rings is 1. The van der Waals surface area contributed by atoms with Crippen molar-refractivity contribution in [1.82, 2.24) is 19.4 Å². The predicted octanol–water partition coefficient (Wildman–Crippen LogP) is 3.11. The van der Waals surface area contributed by atoms with Crippen molar-refractivity contribution in [3.8, 4) is 0 Å². The summed E-state index contributed by atoms with van der Waals surface area (Å²) in [5.41, 5.74) is 2.07. The standard InChI is InChI=1S/C17H26N4/c1-4-21-16(19-15-6-5-9-18-17(15)21)12-14-7-10-20(11-8-14)13(2)3/h5-6,9,13-14H,4,7-8,10-12H2,1-3H3. The fourth-order valence-corrected chi connectivity index (χ4v) is 3.43. The summed E-state index contributed by atoms with van der Waals surface area (Å²) in [6, 6.07) is 4.72. The van der Waals surface area contributed by atoms with Crippen LogP contribution in [-0.2, 0) is 13.0 Å². The summed E-state index contributed by atoms with van der Waals surface area (Å²) in [4.78, 5) is 11.9. The molecule has 0 atom stereocenters. The largest absolute Gasteiger partial charge is 0.313 e. The monoisotopic (exact) mass is 286 g/mol. The van der Waals surface area contributed by atoms with E-state index in [1.807, 2.05) is 12.3 Å². The van der Waals surface area contributed by atoms with Crippen LogP contribution in [0.1, 0.15) is 39.4 Å². The number of piperidine rings is 1. The molecule has 3 heterocycles. The summed E-state index contributed by atoms with van der Waals surface area (Å²) >= 11 is 0. The number of aromatic nitrogens is 3. The van der Waals surface area contributed by atoms with Gasteiger partial charge in [0.15, 0.2) is 5.65 Å². The van der Waals surface area contributed by atoms with E-state index in [4.69, 9.17) is 4.98 Å². The number of likely N-dealkylation sites (tertiary alicyclic amines) is 1. The van der Waals surface area contributed by atoms with Gasteiger partial charge in [-0.25, -0.2) is 9.97 Å². The van der Waals surface area contributed by atoms with Gasteiger partial charge in [-0.15, -0.1) is 0 Å². The summed E-state index contributed by atoms with van der Waals surface area (Å²) in [6.07, 6.45) is 5.54. The molecule has 3 rings (SSSR count). The molecule has 0 aliphatic carbocycles. The lowest BCUT2D eigenvalue weighted by Crippen LogP contribution is -2.39. The quantitative estimate of drug-likeness (QED) is 0.866. The molecule has 2 aromatic rings. The van der Waals surface area contributed by atoms with E-state index in [0.717, 1.165) is 30.0 Å². The van der Waals surface area contributed by atoms with Crippen LogP contribution in [-0.4, -0.2) is 38.6 Å². The minimum Gasteiger partial charge on any atom is -0.313 e. The van der Waals surface area contributed by atoms with Crippen LogP contribution in [0.3, 0.4) is 0 Å². The van der Waals surface area contributed by atoms with Crippen LogP contribution < -0.4 is 0 Å². The van der Waals surface area contributed by atoms with Crippen molar-refractivity contribution in [2.24, 2.45) is 5.92 Å². The molecule has 0 bridgehead atoms. The lowest BCUT2D eigenvalue weighted by atomic mass is 9.92. The number of aryl methyl sites for hydroxylation is 1. The lowest BCUT2D eigenvalue weighted by molar-refractivity contribution is 0.148. The van der Waals surface area contributed by atoms with Crippen molar-refractivity contribution < 1.29 is 0 Å². The maximum Gasteiger partial charge on any atom is 0.159 e. The maximum atomic E-state index is 4.82. The van der Waals surface area contributed by atoms with Gasteiger partial charge in [-0.3, -0.25) is 0 Å². The summed E-state index contributed by atoms with van der Waals surface area (Å²) in [5.74, 6) is 1.98. The van der Waals surface area contributed by atoms with Crippen LogP contribution in [0, 0.1) is 5.92 Å². The van der Waals surface area contributed by atoms with Crippen LogP contribution in [0.15, 0.2) is 18.3 Å². The van der Waals surface area contributed by atoms with Crippen molar-refractivity contribution in [3.63, 3.8) is 0 Å². The third-order valence-electron chi connectivity index (χ3n) is 4.75. The molecule has 21 heavy (non-hydrogen) atoms. The van der Waals surface area contributed by atoms with E-state index in [1.54, 1.807) is 0 Å². The number of hydrogen-bond acceptors (Lipinski definition) is 3. The van der Waals surface area contributed by atoms with Gasteiger partial charge in [0.25, 0.3) is 0 Å². The Bertz CT molecular complexity index is 594. The van der Waals surface area contributed by atoms with E-state index >= 15 is 0 Å². The lowest BCUT2D eigenvalue weighted by Gasteiger charge is -2.34. The first-order chi connectivity index (χ1) is 10.2. The van der Waals surface area contributed by atoms with Crippen molar-refractivity contribution in [3.05, 3.63) is 24.2 Å². The highest BCUT2D eigenvalue weighted by atomic mass is 15.2. The second kappa shape index (κ2) is 6.14. The molecule has 114 valence electrons. The fraction of sp³-hybridized carbons (Fsp3) is 0.647. The average molecular weight is 286 g/mol. The second-order valence-electron chi connectivity index (χ2n) is 6.40. The Labute approximate surface area is 127 Å². The Balaban J connectivity index is 1.74. The average Bonchev–Trinajstić information content (AvgIpc) is 2.84. The van der Waals surface area contributed by atoms with Gasteiger partial charge in [0, 0.05) is 25.2 Å². The molecule has 1 aliphatic rings. The van der Waals surface area contributed by atoms with Gasteiger partial charge in [-0.1, -0.05) is 0 Å². The molecule has 1 aliphatic heterocycles. The fourth-order valence-electron chi connectivity index (χ4n) is 3.43. The van der Waals surface area contributed by atoms with Crippen LogP contribution in [0.5, 0.6) is 0 Å². The van der Waals surface area contributed by atoms with Gasteiger partial charge in [0.1, 0.15) is 11.3 Å². The van der Waals surface area contributed by atoms with Crippen molar-refractivity contribution in [2.75, 3.05) is 13.1 Å². The normalized spacial score (nSPS) is 17.9. The number of fused-ring (bicyclic) bond motifs is 1. The molecule has 0 unspecified atom stereocenters. The van der Waals surface area contributed by atoms with Gasteiger partial charge in [0.2, 0.25) is 0 Å². The smallest absolute Gasteiger partial charge is 0.159 e. The zero-order chi connectivity index (χ0) is 14.8. The van der Waals surface area contributed by atoms with E-state index in [-0.39, 0.29) is 0 Å². The zero-order valence-corrected chi connectivity index (χ0v) is 13.4. The highest BCUT2D eigenvalue weighted by molar-refractivity contribution is 5.71. The highest BCUT2D eigenvalue weighted by Crippen LogP contribution is 2.24. The van der Waals surface area contributed by atoms with E-state index in [0.29, 0.717) is 6.04 Å². The molecule has 1 fully saturated rings. The molecular formula is C17H26N4. The molecule has 0 N–H and O–H groups in total. The second-order valence-corrected chi connectivity index (χ2v) is 6.40. The minimum atomic E-state index is 0.676. The highest BCUT2D eigenvalue weighted by Gasteiger charge is 2.23. The Morgan fingerprint density at radius 1 is 1.29 bits per heavy atom. The molecule has 0 aromatic carbocycles. The van der Waals surface area contributed by atoms with Crippen molar-refractivity contribution in [1.29, 1.82) is 0 Å². The van der Waals surface area contributed by atoms with E-state index < -0.39 is 0 Å². The SMILES string of the molecule is CCn1c(CC2CCN(C(C)C)CC2)nc2cccnc21. The number of pyridine rings is 1. The van der Waals surface area contributed by atoms with E-state index in [9.17, 15) is 0 Å². The molecule has 0 spiro atoms. The number of hydrogen-bond donors (Lipinski definition) is 0. The van der Waals surface area contributed by atoms with Crippen LogP contribution in [0.4, 0.5) is 0 Å². The van der Waals surface area contributed by atoms with Crippen molar-refractivity contribution >= 4 is 11.2 Å². The molecule has 0 amide bonds. The van der Waals surface area contributed by atoms with E-state index in [2.05, 4.69) is 41.3 Å². The number of rotatable bonds is 4. The first kappa shape index (κ1) is 14.5. The summed E-state index contributed by atoms with van der Waals surface area (Å²) in [7, 11) is 0. The van der Waals surface area contributed by atoms with Gasteiger partial charge in [-0.05, 0) is 64.8 Å². The summed E-state index contributed by atoms with van der Waals surface area (Å²) in [5, 5.41) is 0. The Morgan fingerprint density at radius 2 is 2.05 bits per heavy atom. The maximum absolute atomic E-state index is 4.82. The van der Waals surface area contributed by atoms with E-state index in [1.165, 1.54) is 31.8 Å². The minimum absolute atomic E-state index is 0.676.